The molecule has 0 spiro atoms. The maximum Gasteiger partial charge on any atom is 0.320 e. The van der Waals surface area contributed by atoms with E-state index < -0.39 is 48.0 Å². The molecule has 2 aromatic carbocycles. The number of carboxylic acids is 4. The number of rotatable bonds is 36. The van der Waals surface area contributed by atoms with Gasteiger partial charge in [0, 0.05) is 120 Å². The summed E-state index contributed by atoms with van der Waals surface area (Å²) in [5.74, 6) is -0.342. The number of nitrogens with one attached hydrogen (secondary N) is 4. The van der Waals surface area contributed by atoms with Crippen molar-refractivity contribution < 1.29 is 58.6 Å². The molecule has 4 fully saturated rings. The second-order valence-corrected chi connectivity index (χ2v) is 35.8. The molecule has 0 radical (unpaired) electrons. The number of ether oxygens (including phenoxy) is 4. The fraction of sp³-hybridized carbons (Fsp3) is 0.571. The highest BCUT2D eigenvalue weighted by atomic mass is 16.5. The third-order valence-corrected chi connectivity index (χ3v) is 26.4. The average molecular weight is 1930 g/mol. The van der Waals surface area contributed by atoms with E-state index >= 15 is 0 Å². The molecule has 18 rings (SSSR count). The molecular weight excluding hydrogens is 1760 g/mol. The van der Waals surface area contributed by atoms with Crippen molar-refractivity contribution in [2.24, 2.45) is 23.7 Å². The number of hydrogen-bond acceptors (Lipinski definition) is 24. The van der Waals surface area contributed by atoms with Crippen LogP contribution in [0.2, 0.25) is 0 Å². The molecule has 8 aliphatic carbocycles. The summed E-state index contributed by atoms with van der Waals surface area (Å²) in [4.78, 5) is 93.8. The number of aliphatic carboxylic acids is 4. The van der Waals surface area contributed by atoms with Crippen LogP contribution in [0.4, 0.5) is 0 Å². The molecule has 0 saturated heterocycles. The van der Waals surface area contributed by atoms with Gasteiger partial charge in [-0.1, -0.05) is 116 Å². The molecular formula is C112H164N16O12. The quantitative estimate of drug-likeness (QED) is 0.0181. The van der Waals surface area contributed by atoms with Crippen molar-refractivity contribution in [2.45, 2.75) is 335 Å². The van der Waals surface area contributed by atoms with Crippen LogP contribution in [0.3, 0.4) is 0 Å². The van der Waals surface area contributed by atoms with E-state index in [1.165, 1.54) is 183 Å². The maximum absolute atomic E-state index is 10.9. The summed E-state index contributed by atoms with van der Waals surface area (Å²) in [5, 5.41) is 49.3. The van der Waals surface area contributed by atoms with Crippen LogP contribution in [-0.2, 0) is 115 Å². The Labute approximate surface area is 833 Å². The first-order valence-corrected chi connectivity index (χ1v) is 52.2. The van der Waals surface area contributed by atoms with E-state index in [4.69, 9.17) is 59.3 Å². The van der Waals surface area contributed by atoms with Gasteiger partial charge in [-0.15, -0.1) is 0 Å². The van der Waals surface area contributed by atoms with Gasteiger partial charge in [-0.2, -0.15) is 0 Å². The van der Waals surface area contributed by atoms with E-state index in [9.17, 15) is 19.2 Å². The number of aryl methyl sites for hydroxylation is 12. The second kappa shape index (κ2) is 69.3. The van der Waals surface area contributed by atoms with Crippen molar-refractivity contribution in [1.82, 2.24) is 81.1 Å². The largest absolute Gasteiger partial charge is 0.480 e. The van der Waals surface area contributed by atoms with Gasteiger partial charge in [0.2, 0.25) is 0 Å². The minimum Gasteiger partial charge on any atom is -0.480 e. The van der Waals surface area contributed by atoms with Gasteiger partial charge in [-0.05, 0) is 354 Å². The first kappa shape index (κ1) is 116. The molecule has 10 aromatic rings. The summed E-state index contributed by atoms with van der Waals surface area (Å²) < 4.78 is 23.2. The van der Waals surface area contributed by atoms with Gasteiger partial charge in [0.25, 0.3) is 0 Å². The van der Waals surface area contributed by atoms with Crippen molar-refractivity contribution in [3.05, 3.63) is 239 Å². The number of carboxylic acid groups (broad SMARTS) is 4. The molecule has 4 unspecified atom stereocenters. The Balaban J connectivity index is 0.000000224. The Morgan fingerprint density at radius 1 is 0.307 bits per heavy atom. The van der Waals surface area contributed by atoms with Gasteiger partial charge < -0.3 is 60.6 Å². The number of para-hydroxylation sites is 2. The van der Waals surface area contributed by atoms with Crippen LogP contribution < -0.4 is 21.3 Å². The number of hydrogen-bond donors (Lipinski definition) is 8. The molecule has 4 saturated carbocycles. The van der Waals surface area contributed by atoms with E-state index in [0.717, 1.165) is 148 Å². The van der Waals surface area contributed by atoms with Crippen LogP contribution in [0, 0.1) is 23.7 Å². The van der Waals surface area contributed by atoms with E-state index in [2.05, 4.69) is 110 Å². The highest BCUT2D eigenvalue weighted by Gasteiger charge is 2.34. The van der Waals surface area contributed by atoms with Gasteiger partial charge in [0.1, 0.15) is 49.5 Å². The summed E-state index contributed by atoms with van der Waals surface area (Å²) in [6, 6.07) is 35.3. The Morgan fingerprint density at radius 3 is 0.750 bits per heavy atom. The lowest BCUT2D eigenvalue weighted by Crippen LogP contribution is -2.37. The second-order valence-electron chi connectivity index (χ2n) is 35.8. The smallest absolute Gasteiger partial charge is 0.320 e. The first-order valence-electron chi connectivity index (χ1n) is 52.2. The summed E-state index contributed by atoms with van der Waals surface area (Å²) in [5.41, 5.74) is 18.1. The van der Waals surface area contributed by atoms with Crippen LogP contribution in [0.15, 0.2) is 172 Å². The number of carbonyl (C=O) groups is 4. The molecule has 28 nitrogen and oxygen atoms in total. The number of nitrogens with zero attached hydrogens (tertiary/aromatic N) is 12. The lowest BCUT2D eigenvalue weighted by molar-refractivity contribution is -0.141. The molecule has 0 bridgehead atoms. The van der Waals surface area contributed by atoms with E-state index in [1.807, 2.05) is 116 Å². The van der Waals surface area contributed by atoms with Crippen LogP contribution in [0.25, 0.3) is 21.8 Å². The number of pyridine rings is 4. The lowest BCUT2D eigenvalue weighted by atomic mass is 9.79. The number of aromatic nitrogens is 12. The third kappa shape index (κ3) is 43.1. The Morgan fingerprint density at radius 2 is 0.543 bits per heavy atom. The van der Waals surface area contributed by atoms with Gasteiger partial charge in [-0.3, -0.25) is 39.1 Å². The number of fused-ring (bicyclic) bond motifs is 6. The average Bonchev–Trinajstić information content (AvgIpc) is 0.846. The maximum atomic E-state index is 10.9. The van der Waals surface area contributed by atoms with Crippen LogP contribution in [0.1, 0.15) is 277 Å². The fourth-order valence-electron chi connectivity index (χ4n) is 18.0. The topological polar surface area (TPSA) is 389 Å². The van der Waals surface area contributed by atoms with Crippen molar-refractivity contribution in [3.8, 4) is 0 Å². The summed E-state index contributed by atoms with van der Waals surface area (Å²) in [6.45, 7) is 18.1. The van der Waals surface area contributed by atoms with Crippen molar-refractivity contribution in [3.63, 3.8) is 0 Å². The molecule has 8 heterocycles. The van der Waals surface area contributed by atoms with Crippen LogP contribution >= 0.6 is 0 Å². The fourth-order valence-corrected chi connectivity index (χ4v) is 18.0. The zero-order valence-corrected chi connectivity index (χ0v) is 85.8. The summed E-state index contributed by atoms with van der Waals surface area (Å²) in [7, 11) is 6.69. The van der Waals surface area contributed by atoms with Gasteiger partial charge in [-0.25, -0.2) is 39.9 Å². The molecule has 8 aliphatic rings. The summed E-state index contributed by atoms with van der Waals surface area (Å²) >= 11 is 0. The lowest BCUT2D eigenvalue weighted by Gasteiger charge is -2.35. The standard InChI is InChI=1S/4C20H30N2O3.2C8H6N2.2C4H4N2.4C2H6/c4*1-21-19(20(23)24)10-11-25-17-12-14(13-17)6-8-16-9-7-15-4-2-3-5-18(15)22-16;2*1-2-4-8-7(3-1)5-9-6-10-8;2*1-2-5-4-6-3-1;4*1-2/h4*7,9,14,17,19,21H,2-6,8,10-13H2,1H3,(H,23,24);2*1-6H;2*1-4H;4*1-2H3. The molecule has 0 aliphatic heterocycles. The Hall–Kier alpha value is -10.6. The molecule has 0 amide bonds. The minimum absolute atomic E-state index is 0.313. The highest BCUT2D eigenvalue weighted by Crippen LogP contribution is 2.38. The zero-order valence-electron chi connectivity index (χ0n) is 85.8. The molecule has 8 aromatic heterocycles. The first-order chi connectivity index (χ1) is 68.5. The minimum atomic E-state index is -0.810. The predicted molar refractivity (Wildman–Crippen MR) is 556 cm³/mol. The highest BCUT2D eigenvalue weighted by molar-refractivity contribution is 5.78. The van der Waals surface area contributed by atoms with Gasteiger partial charge in [0.15, 0.2) is 0 Å². The molecule has 764 valence electrons. The SMILES string of the molecule is CC.CC.CC.CC.CNC(CCOC1CC(CCc2ccc3c(n2)CCCC3)C1)C(=O)O.CNC(CCOC1CC(CCc2ccc3c(n2)CCCC3)C1)C(=O)O.CNC(CCOC1CC(CCc2ccc3c(n2)CCCC3)C1)C(=O)O.CNC(CCOC1CC(CCc2ccc3c(n2)CCCC3)C1)C(=O)O.c1ccc2ncncc2c1.c1ccc2ncncc2c1.c1cncnc1.c1cncnc1. The normalized spacial score (nSPS) is 19.1. The molecule has 28 heteroatoms. The van der Waals surface area contributed by atoms with E-state index in [0.29, 0.717) is 76.5 Å². The molecule has 8 N–H and O–H groups in total. The van der Waals surface area contributed by atoms with Crippen molar-refractivity contribution in [1.29, 1.82) is 0 Å². The van der Waals surface area contributed by atoms with Crippen LogP contribution in [0.5, 0.6) is 0 Å². The molecule has 140 heavy (non-hydrogen) atoms. The van der Waals surface area contributed by atoms with Crippen molar-refractivity contribution >= 4 is 45.7 Å². The molecule has 4 atom stereocenters. The predicted octanol–water partition coefficient (Wildman–Crippen LogP) is 19.3. The Bertz CT molecular complexity index is 4330. The van der Waals surface area contributed by atoms with Crippen molar-refractivity contribution in [2.75, 3.05) is 54.6 Å². The number of benzene rings is 2. The summed E-state index contributed by atoms with van der Waals surface area (Å²) in [6.07, 6.45) is 57.3. The number of likely N-dealkylation sites (N-methyl/N-ethyl adjacent to an activating group) is 4. The van der Waals surface area contributed by atoms with E-state index in [1.54, 1.807) is 77.8 Å². The zero-order chi connectivity index (χ0) is 101. The third-order valence-electron chi connectivity index (χ3n) is 26.4. The monoisotopic (exact) mass is 1930 g/mol. The van der Waals surface area contributed by atoms with Gasteiger partial charge in [0.05, 0.1) is 35.4 Å². The Kier molecular flexibility index (Phi) is 57.7. The van der Waals surface area contributed by atoms with E-state index in [-0.39, 0.29) is 0 Å². The van der Waals surface area contributed by atoms with Gasteiger partial charge >= 0.3 is 23.9 Å². The van der Waals surface area contributed by atoms with Crippen LogP contribution in [-0.4, -0.2) is 207 Å².